The van der Waals surface area contributed by atoms with Gasteiger partial charge in [0.15, 0.2) is 0 Å². The molecule has 1 aliphatic rings. The summed E-state index contributed by atoms with van der Waals surface area (Å²) in [6.45, 7) is 3.76. The van der Waals surface area contributed by atoms with Gasteiger partial charge in [-0.15, -0.1) is 0 Å². The van der Waals surface area contributed by atoms with Crippen LogP contribution in [0.5, 0.6) is 0 Å². The number of hydrogen-bond donors (Lipinski definition) is 9. The van der Waals surface area contributed by atoms with E-state index in [9.17, 15) is 50.0 Å². The molecule has 1 rings (SSSR count). The summed E-state index contributed by atoms with van der Waals surface area (Å²) < 4.78 is 22.9. The lowest BCUT2D eigenvalue weighted by Crippen LogP contribution is -2.64. The van der Waals surface area contributed by atoms with Gasteiger partial charge in [-0.25, -0.2) is 4.57 Å². The molecule has 1 aliphatic carbocycles. The molecule has 55 heavy (non-hydrogen) atoms. The zero-order valence-electron chi connectivity index (χ0n) is 34.4. The Morgan fingerprint density at radius 3 is 1.31 bits per heavy atom. The quantitative estimate of drug-likeness (QED) is 0.0245. The fourth-order valence-electron chi connectivity index (χ4n) is 7.30. The minimum absolute atomic E-state index is 0.217. The normalized spacial score (nSPS) is 24.3. The third-order valence-corrected chi connectivity index (χ3v) is 12.0. The molecule has 0 aromatic heterocycles. The molecule has 1 fully saturated rings. The SMILES string of the molecule is CCCCCCCCCCCCCCCCCCC(O)C(COP(=O)(O)OC1C(O)C(O)C(O)C(O)C1O)NC(=O)CC(O)CCCCCCCCCCC. The van der Waals surface area contributed by atoms with Crippen LogP contribution in [0.3, 0.4) is 0 Å². The van der Waals surface area contributed by atoms with Crippen molar-refractivity contribution in [2.45, 2.75) is 249 Å². The van der Waals surface area contributed by atoms with Gasteiger partial charge < -0.3 is 46.0 Å². The maximum Gasteiger partial charge on any atom is 0.472 e. The fourth-order valence-corrected chi connectivity index (χ4v) is 8.27. The molecule has 0 radical (unpaired) electrons. The van der Waals surface area contributed by atoms with Crippen LogP contribution in [0.2, 0.25) is 0 Å². The number of phosphoric ester groups is 1. The number of amides is 1. The van der Waals surface area contributed by atoms with E-state index in [2.05, 4.69) is 19.2 Å². The predicted octanol–water partition coefficient (Wildman–Crippen LogP) is 6.48. The number of nitrogens with one attached hydrogen (secondary N) is 1. The summed E-state index contributed by atoms with van der Waals surface area (Å²) in [5.41, 5.74) is 0. The average molecular weight is 812 g/mol. The number of rotatable bonds is 36. The zero-order chi connectivity index (χ0) is 40.9. The molecular formula is C41H82NO12P. The fraction of sp³-hybridized carbons (Fsp3) is 0.976. The molecule has 0 aromatic carbocycles. The van der Waals surface area contributed by atoms with Gasteiger partial charge in [-0.3, -0.25) is 13.8 Å². The molecular weight excluding hydrogens is 729 g/mol. The highest BCUT2D eigenvalue weighted by molar-refractivity contribution is 7.47. The van der Waals surface area contributed by atoms with Crippen molar-refractivity contribution in [3.8, 4) is 0 Å². The van der Waals surface area contributed by atoms with Crippen LogP contribution in [-0.4, -0.2) is 108 Å². The molecule has 9 N–H and O–H groups in total. The molecule has 14 heteroatoms. The van der Waals surface area contributed by atoms with E-state index >= 15 is 0 Å². The van der Waals surface area contributed by atoms with Crippen molar-refractivity contribution >= 4 is 13.7 Å². The van der Waals surface area contributed by atoms with E-state index in [4.69, 9.17) is 9.05 Å². The first-order chi connectivity index (χ1) is 26.3. The largest absolute Gasteiger partial charge is 0.472 e. The topological polar surface area (TPSA) is 226 Å². The number of unbranched alkanes of at least 4 members (excludes halogenated alkanes) is 23. The van der Waals surface area contributed by atoms with Crippen molar-refractivity contribution < 1.29 is 59.0 Å². The Labute approximate surface area is 332 Å². The second-order valence-electron chi connectivity index (χ2n) is 16.1. The molecule has 13 nitrogen and oxygen atoms in total. The van der Waals surface area contributed by atoms with Crippen LogP contribution in [0.25, 0.3) is 0 Å². The highest BCUT2D eigenvalue weighted by Gasteiger charge is 2.51. The summed E-state index contributed by atoms with van der Waals surface area (Å²) in [6.07, 6.45) is 15.9. The van der Waals surface area contributed by atoms with Crippen LogP contribution < -0.4 is 5.32 Å². The first kappa shape index (κ1) is 52.3. The van der Waals surface area contributed by atoms with Crippen molar-refractivity contribution in [2.75, 3.05) is 6.61 Å². The molecule has 0 heterocycles. The Morgan fingerprint density at radius 2 is 0.909 bits per heavy atom. The summed E-state index contributed by atoms with van der Waals surface area (Å²) in [6, 6.07) is -1.15. The second-order valence-corrected chi connectivity index (χ2v) is 17.5. The zero-order valence-corrected chi connectivity index (χ0v) is 35.3. The molecule has 0 aromatic rings. The third-order valence-electron chi connectivity index (χ3n) is 11.0. The Kier molecular flexibility index (Phi) is 30.6. The number of aliphatic hydroxyl groups is 7. The molecule has 0 aliphatic heterocycles. The number of hydrogen-bond acceptors (Lipinski definition) is 11. The monoisotopic (exact) mass is 812 g/mol. The van der Waals surface area contributed by atoms with Gasteiger partial charge in [0.25, 0.3) is 0 Å². The first-order valence-corrected chi connectivity index (χ1v) is 23.6. The highest BCUT2D eigenvalue weighted by Crippen LogP contribution is 2.47. The Balaban J connectivity index is 2.55. The van der Waals surface area contributed by atoms with E-state index in [0.29, 0.717) is 12.8 Å². The predicted molar refractivity (Wildman–Crippen MR) is 215 cm³/mol. The number of carbonyl (C=O) groups is 1. The lowest BCUT2D eigenvalue weighted by molar-refractivity contribution is -0.220. The third kappa shape index (κ3) is 24.7. The molecule has 0 spiro atoms. The Bertz CT molecular complexity index is 964. The number of carbonyl (C=O) groups excluding carboxylic acids is 1. The van der Waals surface area contributed by atoms with Crippen LogP contribution in [0.1, 0.15) is 194 Å². The summed E-state index contributed by atoms with van der Waals surface area (Å²) in [4.78, 5) is 23.4. The van der Waals surface area contributed by atoms with Gasteiger partial charge in [-0.2, -0.15) is 0 Å². The highest BCUT2D eigenvalue weighted by atomic mass is 31.2. The van der Waals surface area contributed by atoms with Gasteiger partial charge in [0.2, 0.25) is 5.91 Å². The van der Waals surface area contributed by atoms with Gasteiger partial charge in [0.1, 0.15) is 36.6 Å². The van der Waals surface area contributed by atoms with E-state index in [-0.39, 0.29) is 12.8 Å². The summed E-state index contributed by atoms with van der Waals surface area (Å²) in [5.74, 6) is -0.560. The summed E-state index contributed by atoms with van der Waals surface area (Å²) in [5, 5.41) is 74.4. The maximum absolute atomic E-state index is 12.9. The van der Waals surface area contributed by atoms with Crippen molar-refractivity contribution in [3.05, 3.63) is 0 Å². The van der Waals surface area contributed by atoms with E-state index in [0.717, 1.165) is 51.4 Å². The van der Waals surface area contributed by atoms with Crippen molar-refractivity contribution in [3.63, 3.8) is 0 Å². The summed E-state index contributed by atoms with van der Waals surface area (Å²) in [7, 11) is -5.11. The van der Waals surface area contributed by atoms with Crippen LogP contribution >= 0.6 is 7.82 Å². The molecule has 0 bridgehead atoms. The van der Waals surface area contributed by atoms with E-state index in [1.807, 2.05) is 0 Å². The van der Waals surface area contributed by atoms with Crippen molar-refractivity contribution in [1.29, 1.82) is 0 Å². The smallest absolute Gasteiger partial charge is 0.393 e. The number of aliphatic hydroxyl groups excluding tert-OH is 7. The molecule has 1 saturated carbocycles. The molecule has 0 saturated heterocycles. The first-order valence-electron chi connectivity index (χ1n) is 22.1. The van der Waals surface area contributed by atoms with E-state index < -0.39 is 75.2 Å². The molecule has 8 unspecified atom stereocenters. The van der Waals surface area contributed by atoms with Crippen LogP contribution in [0.4, 0.5) is 0 Å². The van der Waals surface area contributed by atoms with E-state index in [1.54, 1.807) is 0 Å². The van der Waals surface area contributed by atoms with Gasteiger partial charge >= 0.3 is 7.82 Å². The number of phosphoric acid groups is 1. The van der Waals surface area contributed by atoms with Crippen molar-refractivity contribution in [1.82, 2.24) is 5.32 Å². The van der Waals surface area contributed by atoms with E-state index in [1.165, 1.54) is 103 Å². The standard InChI is InChI=1S/C41H82NO12P/c1-3-5-7-9-11-13-14-15-16-17-18-19-21-23-25-27-29-34(44)33(42-35(45)30-32(43)28-26-24-22-20-12-10-8-6-4-2)31-53-55(51,52)54-41-39(49)37(47)36(46)38(48)40(41)50/h32-34,36-41,43-44,46-50H,3-31H2,1-2H3,(H,42,45)(H,51,52). The lowest BCUT2D eigenvalue weighted by Gasteiger charge is -2.41. The second kappa shape index (κ2) is 32.2. The minimum atomic E-state index is -5.11. The minimum Gasteiger partial charge on any atom is -0.393 e. The Hall–Kier alpha value is -0.700. The molecule has 328 valence electrons. The van der Waals surface area contributed by atoms with Gasteiger partial charge in [-0.05, 0) is 12.8 Å². The molecule has 8 atom stereocenters. The van der Waals surface area contributed by atoms with Gasteiger partial charge in [0, 0.05) is 0 Å². The van der Waals surface area contributed by atoms with Crippen LogP contribution in [0, 0.1) is 0 Å². The lowest BCUT2D eigenvalue weighted by atomic mass is 9.85. The average Bonchev–Trinajstić information content (AvgIpc) is 3.15. The maximum atomic E-state index is 12.9. The van der Waals surface area contributed by atoms with Gasteiger partial charge in [0.05, 0.1) is 31.3 Å². The summed E-state index contributed by atoms with van der Waals surface area (Å²) >= 11 is 0. The van der Waals surface area contributed by atoms with Gasteiger partial charge in [-0.1, -0.05) is 174 Å². The molecule has 1 amide bonds. The van der Waals surface area contributed by atoms with Crippen LogP contribution in [-0.2, 0) is 18.4 Å². The Morgan fingerprint density at radius 1 is 0.564 bits per heavy atom. The van der Waals surface area contributed by atoms with Crippen LogP contribution in [0.15, 0.2) is 0 Å². The van der Waals surface area contributed by atoms with Crippen molar-refractivity contribution in [2.24, 2.45) is 0 Å².